The smallest absolute Gasteiger partial charge is 0.274 e. The third kappa shape index (κ3) is 4.06. The highest BCUT2D eigenvalue weighted by Crippen LogP contribution is 2.26. The van der Waals surface area contributed by atoms with Crippen molar-refractivity contribution >= 4 is 23.0 Å². The molecule has 0 radical (unpaired) electrons. The molecular weight excluding hydrogens is 329 g/mol. The molecule has 0 saturated heterocycles. The number of hydrogen-bond acceptors (Lipinski definition) is 3. The van der Waals surface area contributed by atoms with Gasteiger partial charge in [0.2, 0.25) is 0 Å². The van der Waals surface area contributed by atoms with Crippen LogP contribution in [-0.4, -0.2) is 17.4 Å². The van der Waals surface area contributed by atoms with Gasteiger partial charge in [-0.05, 0) is 67.9 Å². The quantitative estimate of drug-likeness (QED) is 0.710. The molecular formula is C21H20FN3O. The van der Waals surface area contributed by atoms with Crippen molar-refractivity contribution in [1.29, 1.82) is 0 Å². The van der Waals surface area contributed by atoms with Gasteiger partial charge in [0.05, 0.1) is 0 Å². The fourth-order valence-electron chi connectivity index (χ4n) is 2.75. The second-order valence-corrected chi connectivity index (χ2v) is 5.94. The van der Waals surface area contributed by atoms with E-state index >= 15 is 0 Å². The Morgan fingerprint density at radius 1 is 1.08 bits per heavy atom. The Hall–Kier alpha value is -3.21. The third-order valence-corrected chi connectivity index (χ3v) is 4.02. The number of nitrogens with one attached hydrogen (secondary N) is 1. The zero-order valence-electron chi connectivity index (χ0n) is 14.7. The number of carbonyl (C=O) groups is 1. The molecule has 0 spiro atoms. The molecule has 3 aromatic rings. The molecule has 0 unspecified atom stereocenters. The third-order valence-electron chi connectivity index (χ3n) is 4.02. The predicted molar refractivity (Wildman–Crippen MR) is 102 cm³/mol. The maximum atomic E-state index is 13.0. The molecule has 26 heavy (non-hydrogen) atoms. The largest absolute Gasteiger partial charge is 0.342 e. The first-order chi connectivity index (χ1) is 12.6. The molecule has 0 atom stereocenters. The molecule has 0 bridgehead atoms. The Labute approximate surface area is 152 Å². The van der Waals surface area contributed by atoms with Crippen LogP contribution >= 0.6 is 0 Å². The molecule has 0 saturated carbocycles. The van der Waals surface area contributed by atoms with Crippen LogP contribution in [0.4, 0.5) is 21.5 Å². The summed E-state index contributed by atoms with van der Waals surface area (Å²) in [5, 5.41) is 2.73. The normalized spacial score (nSPS) is 10.4. The standard InChI is InChI=1S/C21H20FN3O/c1-3-25(18-6-4-5-15(2)13-18)19-11-12-23-20(14-19)21(26)24-17-9-7-16(22)8-10-17/h4-14H,3H2,1-2H3,(H,24,26). The van der Waals surface area contributed by atoms with E-state index in [1.165, 1.54) is 29.8 Å². The Morgan fingerprint density at radius 3 is 2.50 bits per heavy atom. The van der Waals surface area contributed by atoms with Crippen LogP contribution in [0.15, 0.2) is 66.9 Å². The van der Waals surface area contributed by atoms with Crippen LogP contribution in [-0.2, 0) is 0 Å². The van der Waals surface area contributed by atoms with E-state index in [-0.39, 0.29) is 11.7 Å². The summed E-state index contributed by atoms with van der Waals surface area (Å²) in [5.74, 6) is -0.682. The number of benzene rings is 2. The monoisotopic (exact) mass is 349 g/mol. The van der Waals surface area contributed by atoms with Crippen LogP contribution in [0.2, 0.25) is 0 Å². The minimum Gasteiger partial charge on any atom is -0.342 e. The van der Waals surface area contributed by atoms with Crippen molar-refractivity contribution < 1.29 is 9.18 Å². The fraction of sp³-hybridized carbons (Fsp3) is 0.143. The molecule has 0 aliphatic heterocycles. The van der Waals surface area contributed by atoms with E-state index in [9.17, 15) is 9.18 Å². The number of hydrogen-bond donors (Lipinski definition) is 1. The number of aryl methyl sites for hydroxylation is 1. The second-order valence-electron chi connectivity index (χ2n) is 5.94. The van der Waals surface area contributed by atoms with Gasteiger partial charge in [0.1, 0.15) is 11.5 Å². The Kier molecular flexibility index (Phi) is 5.27. The van der Waals surface area contributed by atoms with Crippen LogP contribution in [0.5, 0.6) is 0 Å². The van der Waals surface area contributed by atoms with Gasteiger partial charge in [-0.3, -0.25) is 9.78 Å². The molecule has 2 aromatic carbocycles. The van der Waals surface area contributed by atoms with Crippen LogP contribution < -0.4 is 10.2 Å². The molecule has 132 valence electrons. The minimum atomic E-state index is -0.347. The number of pyridine rings is 1. The van der Waals surface area contributed by atoms with E-state index in [4.69, 9.17) is 0 Å². The summed E-state index contributed by atoms with van der Waals surface area (Å²) in [7, 11) is 0. The van der Waals surface area contributed by atoms with Crippen LogP contribution in [0.25, 0.3) is 0 Å². The Bertz CT molecular complexity index is 909. The number of nitrogens with zero attached hydrogens (tertiary/aromatic N) is 2. The van der Waals surface area contributed by atoms with Crippen molar-refractivity contribution in [3.8, 4) is 0 Å². The van der Waals surface area contributed by atoms with Gasteiger partial charge >= 0.3 is 0 Å². The van der Waals surface area contributed by atoms with Crippen molar-refractivity contribution in [1.82, 2.24) is 4.98 Å². The van der Waals surface area contributed by atoms with E-state index in [1.54, 1.807) is 12.3 Å². The van der Waals surface area contributed by atoms with E-state index < -0.39 is 0 Å². The summed E-state index contributed by atoms with van der Waals surface area (Å²) in [6.07, 6.45) is 1.62. The number of rotatable bonds is 5. The number of carbonyl (C=O) groups excluding carboxylic acids is 1. The summed E-state index contributed by atoms with van der Waals surface area (Å²) in [4.78, 5) is 18.7. The summed E-state index contributed by atoms with van der Waals surface area (Å²) >= 11 is 0. The molecule has 0 aliphatic carbocycles. The summed E-state index contributed by atoms with van der Waals surface area (Å²) in [6.45, 7) is 4.86. The average molecular weight is 349 g/mol. The maximum Gasteiger partial charge on any atom is 0.274 e. The fourth-order valence-corrected chi connectivity index (χ4v) is 2.75. The second kappa shape index (κ2) is 7.78. The molecule has 4 nitrogen and oxygen atoms in total. The highest BCUT2D eigenvalue weighted by Gasteiger charge is 2.13. The number of aromatic nitrogens is 1. The Morgan fingerprint density at radius 2 is 1.81 bits per heavy atom. The van der Waals surface area contributed by atoms with Gasteiger partial charge in [-0.15, -0.1) is 0 Å². The molecule has 1 aromatic heterocycles. The summed E-state index contributed by atoms with van der Waals surface area (Å²) in [5.41, 5.74) is 3.94. The van der Waals surface area contributed by atoms with E-state index in [0.717, 1.165) is 17.9 Å². The lowest BCUT2D eigenvalue weighted by molar-refractivity contribution is 0.102. The van der Waals surface area contributed by atoms with Crippen molar-refractivity contribution in [3.05, 3.63) is 83.9 Å². The van der Waals surface area contributed by atoms with Gasteiger partial charge in [0.15, 0.2) is 0 Å². The lowest BCUT2D eigenvalue weighted by atomic mass is 10.2. The highest BCUT2D eigenvalue weighted by atomic mass is 19.1. The van der Waals surface area contributed by atoms with Gasteiger partial charge in [0.25, 0.3) is 5.91 Å². The summed E-state index contributed by atoms with van der Waals surface area (Å²) < 4.78 is 13.0. The van der Waals surface area contributed by atoms with E-state index in [0.29, 0.717) is 11.4 Å². The van der Waals surface area contributed by atoms with Crippen molar-refractivity contribution in [2.75, 3.05) is 16.8 Å². The molecule has 0 aliphatic rings. The van der Waals surface area contributed by atoms with Crippen molar-refractivity contribution in [3.63, 3.8) is 0 Å². The lowest BCUT2D eigenvalue weighted by Gasteiger charge is -2.24. The van der Waals surface area contributed by atoms with Crippen molar-refractivity contribution in [2.45, 2.75) is 13.8 Å². The average Bonchev–Trinajstić information content (AvgIpc) is 2.65. The van der Waals surface area contributed by atoms with Gasteiger partial charge in [-0.1, -0.05) is 12.1 Å². The lowest BCUT2D eigenvalue weighted by Crippen LogP contribution is -2.18. The first-order valence-corrected chi connectivity index (χ1v) is 8.44. The number of anilines is 3. The zero-order valence-corrected chi connectivity index (χ0v) is 14.7. The highest BCUT2D eigenvalue weighted by molar-refractivity contribution is 6.03. The van der Waals surface area contributed by atoms with Crippen LogP contribution in [0.3, 0.4) is 0 Å². The van der Waals surface area contributed by atoms with Gasteiger partial charge in [-0.25, -0.2) is 4.39 Å². The zero-order chi connectivity index (χ0) is 18.5. The predicted octanol–water partition coefficient (Wildman–Crippen LogP) is 4.94. The number of amides is 1. The summed E-state index contributed by atoms with van der Waals surface area (Å²) in [6, 6.07) is 17.5. The van der Waals surface area contributed by atoms with E-state index in [2.05, 4.69) is 28.2 Å². The molecule has 1 heterocycles. The van der Waals surface area contributed by atoms with Crippen LogP contribution in [0, 0.1) is 12.7 Å². The van der Waals surface area contributed by atoms with Gasteiger partial charge in [-0.2, -0.15) is 0 Å². The minimum absolute atomic E-state index is 0.304. The first-order valence-electron chi connectivity index (χ1n) is 8.44. The Balaban J connectivity index is 1.84. The van der Waals surface area contributed by atoms with Crippen molar-refractivity contribution in [2.24, 2.45) is 0 Å². The number of halogens is 1. The molecule has 1 N–H and O–H groups in total. The van der Waals surface area contributed by atoms with Crippen LogP contribution in [0.1, 0.15) is 23.0 Å². The SMILES string of the molecule is CCN(c1cccc(C)c1)c1ccnc(C(=O)Nc2ccc(F)cc2)c1. The first kappa shape index (κ1) is 17.6. The van der Waals surface area contributed by atoms with Gasteiger partial charge < -0.3 is 10.2 Å². The maximum absolute atomic E-state index is 13.0. The van der Waals surface area contributed by atoms with Gasteiger partial charge in [0, 0.05) is 29.8 Å². The van der Waals surface area contributed by atoms with E-state index in [1.807, 2.05) is 31.2 Å². The molecule has 5 heteroatoms. The molecule has 1 amide bonds. The molecule has 0 fully saturated rings. The molecule has 3 rings (SSSR count). The topological polar surface area (TPSA) is 45.2 Å².